The predicted molar refractivity (Wildman–Crippen MR) is 96.8 cm³/mol. The molecule has 3 saturated carbocycles. The Morgan fingerprint density at radius 1 is 1.23 bits per heavy atom. The third-order valence-electron chi connectivity index (χ3n) is 6.61. The zero-order valence-electron chi connectivity index (χ0n) is 15.5. The molecule has 0 amide bonds. The fraction of sp³-hybridized carbons (Fsp3) is 0.889. The van der Waals surface area contributed by atoms with Gasteiger partial charge in [0.1, 0.15) is 0 Å². The summed E-state index contributed by atoms with van der Waals surface area (Å²) in [5.74, 6) is 1.90. The second kappa shape index (κ2) is 5.22. The monoisotopic (exact) mass is 320 g/mol. The van der Waals surface area contributed by atoms with E-state index < -0.39 is 8.07 Å². The molecule has 0 N–H and O–H groups in total. The standard InChI is InChI=1S/C18H33BO2Si/c1-8-9-14(12-22(5,6)7)19-20-16-11-13-10-15(17(13,2)3)18(16,4)21-19/h8-9,13-16H,10-12H2,1-7H3/b9-8-/t13-,14+,15-,16+,18-/m1/s1. The molecular formula is C18H33BO2Si. The molecule has 0 spiro atoms. The van der Waals surface area contributed by atoms with Gasteiger partial charge in [0.05, 0.1) is 11.7 Å². The summed E-state index contributed by atoms with van der Waals surface area (Å²) in [6.45, 7) is 16.6. The quantitative estimate of drug-likeness (QED) is 0.536. The molecule has 3 aliphatic carbocycles. The molecule has 0 unspecified atom stereocenters. The van der Waals surface area contributed by atoms with Gasteiger partial charge in [0, 0.05) is 13.9 Å². The molecule has 0 radical (unpaired) electrons. The van der Waals surface area contributed by atoms with E-state index in [0.717, 1.165) is 5.92 Å². The maximum absolute atomic E-state index is 6.65. The molecule has 22 heavy (non-hydrogen) atoms. The van der Waals surface area contributed by atoms with Crippen molar-refractivity contribution >= 4 is 15.2 Å². The minimum atomic E-state index is -1.14. The summed E-state index contributed by atoms with van der Waals surface area (Å²) in [6, 6.07) is 1.24. The van der Waals surface area contributed by atoms with Crippen LogP contribution in [0.25, 0.3) is 0 Å². The Morgan fingerprint density at radius 2 is 1.91 bits per heavy atom. The molecule has 5 atom stereocenters. The Bertz CT molecular complexity index is 470. The van der Waals surface area contributed by atoms with E-state index in [4.69, 9.17) is 9.31 Å². The van der Waals surface area contributed by atoms with Crippen LogP contribution in [-0.4, -0.2) is 26.9 Å². The lowest BCUT2D eigenvalue weighted by Gasteiger charge is -2.64. The average molecular weight is 320 g/mol. The van der Waals surface area contributed by atoms with E-state index in [1.54, 1.807) is 0 Å². The Balaban J connectivity index is 1.78. The topological polar surface area (TPSA) is 18.5 Å². The van der Waals surface area contributed by atoms with Crippen LogP contribution in [0.2, 0.25) is 31.5 Å². The molecule has 124 valence electrons. The third kappa shape index (κ3) is 2.55. The van der Waals surface area contributed by atoms with Gasteiger partial charge in [0.2, 0.25) is 0 Å². The normalized spacial score (nSPS) is 41.4. The van der Waals surface area contributed by atoms with E-state index in [1.165, 1.54) is 18.9 Å². The first-order chi connectivity index (χ1) is 10.1. The van der Waals surface area contributed by atoms with Crippen LogP contribution in [-0.2, 0) is 9.31 Å². The highest BCUT2D eigenvalue weighted by Gasteiger charge is 2.68. The fourth-order valence-electron chi connectivity index (χ4n) is 5.29. The van der Waals surface area contributed by atoms with Crippen LogP contribution in [0, 0.1) is 17.3 Å². The van der Waals surface area contributed by atoms with Gasteiger partial charge in [-0.15, -0.1) is 0 Å². The van der Waals surface area contributed by atoms with Crippen molar-refractivity contribution in [2.45, 2.75) is 83.7 Å². The number of rotatable bonds is 4. The molecule has 0 aromatic heterocycles. The summed E-state index contributed by atoms with van der Waals surface area (Å²) in [6.07, 6.45) is 7.32. The van der Waals surface area contributed by atoms with Crippen LogP contribution >= 0.6 is 0 Å². The second-order valence-corrected chi connectivity index (χ2v) is 15.3. The maximum Gasteiger partial charge on any atom is 0.464 e. The van der Waals surface area contributed by atoms with Crippen molar-refractivity contribution in [2.24, 2.45) is 17.3 Å². The molecular weight excluding hydrogens is 287 g/mol. The predicted octanol–water partition coefficient (Wildman–Crippen LogP) is 5.00. The molecule has 2 nitrogen and oxygen atoms in total. The van der Waals surface area contributed by atoms with Crippen LogP contribution < -0.4 is 0 Å². The van der Waals surface area contributed by atoms with Crippen molar-refractivity contribution in [3.63, 3.8) is 0 Å². The van der Waals surface area contributed by atoms with Crippen LogP contribution in [0.4, 0.5) is 0 Å². The minimum absolute atomic E-state index is 0.0342. The Labute approximate surface area is 138 Å². The second-order valence-electron chi connectivity index (χ2n) is 9.79. The summed E-state index contributed by atoms with van der Waals surface area (Å²) in [5.41, 5.74) is 0.362. The summed E-state index contributed by atoms with van der Waals surface area (Å²) < 4.78 is 13.1. The van der Waals surface area contributed by atoms with Gasteiger partial charge in [-0.25, -0.2) is 0 Å². The van der Waals surface area contributed by atoms with E-state index in [2.05, 4.69) is 59.5 Å². The fourth-order valence-corrected chi connectivity index (χ4v) is 7.03. The zero-order valence-corrected chi connectivity index (χ0v) is 16.5. The van der Waals surface area contributed by atoms with Crippen LogP contribution in [0.1, 0.15) is 40.5 Å². The van der Waals surface area contributed by atoms with Crippen LogP contribution in [0.3, 0.4) is 0 Å². The van der Waals surface area contributed by atoms with E-state index in [-0.39, 0.29) is 12.7 Å². The van der Waals surface area contributed by atoms with Crippen molar-refractivity contribution in [1.82, 2.24) is 0 Å². The maximum atomic E-state index is 6.65. The van der Waals surface area contributed by atoms with Gasteiger partial charge in [-0.3, -0.25) is 0 Å². The third-order valence-corrected chi connectivity index (χ3v) is 8.30. The van der Waals surface area contributed by atoms with Crippen LogP contribution in [0.15, 0.2) is 12.2 Å². The number of hydrogen-bond acceptors (Lipinski definition) is 2. The van der Waals surface area contributed by atoms with Crippen LogP contribution in [0.5, 0.6) is 0 Å². The van der Waals surface area contributed by atoms with E-state index in [9.17, 15) is 0 Å². The van der Waals surface area contributed by atoms with Gasteiger partial charge in [0.25, 0.3) is 0 Å². The van der Waals surface area contributed by atoms with Crippen molar-refractivity contribution in [3.8, 4) is 0 Å². The van der Waals surface area contributed by atoms with Crippen molar-refractivity contribution in [3.05, 3.63) is 12.2 Å². The Morgan fingerprint density at radius 3 is 2.45 bits per heavy atom. The van der Waals surface area contributed by atoms with Crippen molar-refractivity contribution in [2.75, 3.05) is 0 Å². The first kappa shape index (κ1) is 16.8. The van der Waals surface area contributed by atoms with Gasteiger partial charge in [-0.05, 0) is 43.9 Å². The summed E-state index contributed by atoms with van der Waals surface area (Å²) >= 11 is 0. The largest absolute Gasteiger partial charge is 0.464 e. The molecule has 0 aromatic rings. The summed E-state index contributed by atoms with van der Waals surface area (Å²) in [5, 5.41) is 0. The Kier molecular flexibility index (Phi) is 3.98. The van der Waals surface area contributed by atoms with Gasteiger partial charge in [-0.1, -0.05) is 51.7 Å². The van der Waals surface area contributed by atoms with Gasteiger partial charge < -0.3 is 9.31 Å². The lowest BCUT2D eigenvalue weighted by atomic mass is 9.43. The lowest BCUT2D eigenvalue weighted by Crippen LogP contribution is -2.65. The van der Waals surface area contributed by atoms with E-state index in [1.807, 2.05) is 0 Å². The van der Waals surface area contributed by atoms with Crippen molar-refractivity contribution in [1.29, 1.82) is 0 Å². The van der Waals surface area contributed by atoms with Gasteiger partial charge >= 0.3 is 7.12 Å². The molecule has 4 heteroatoms. The SMILES string of the molecule is C/C=C\[C@@H](C[Si](C)(C)C)B1O[C@H]2C[C@H]3C[C@H](C3(C)C)[C@@]2(C)O1. The molecule has 4 rings (SSSR count). The molecule has 1 aliphatic heterocycles. The van der Waals surface area contributed by atoms with E-state index in [0.29, 0.717) is 23.3 Å². The highest BCUT2D eigenvalue weighted by Crippen LogP contribution is 2.66. The smallest absolute Gasteiger partial charge is 0.405 e. The molecule has 4 fully saturated rings. The minimum Gasteiger partial charge on any atom is -0.405 e. The van der Waals surface area contributed by atoms with Gasteiger partial charge in [0.15, 0.2) is 0 Å². The first-order valence-electron chi connectivity index (χ1n) is 9.04. The number of allylic oxidation sites excluding steroid dienone is 2. The summed E-state index contributed by atoms with van der Waals surface area (Å²) in [4.78, 5) is 0. The average Bonchev–Trinajstić information content (AvgIpc) is 2.73. The molecule has 2 bridgehead atoms. The van der Waals surface area contributed by atoms with Crippen molar-refractivity contribution < 1.29 is 9.31 Å². The lowest BCUT2D eigenvalue weighted by molar-refractivity contribution is -0.199. The first-order valence-corrected chi connectivity index (χ1v) is 12.7. The highest BCUT2D eigenvalue weighted by atomic mass is 28.3. The van der Waals surface area contributed by atoms with E-state index >= 15 is 0 Å². The number of hydrogen-bond donors (Lipinski definition) is 0. The zero-order chi connectivity index (χ0) is 16.3. The summed E-state index contributed by atoms with van der Waals surface area (Å²) in [7, 11) is -1.18. The highest BCUT2D eigenvalue weighted by molar-refractivity contribution is 6.77. The van der Waals surface area contributed by atoms with Gasteiger partial charge in [-0.2, -0.15) is 0 Å². The molecule has 1 saturated heterocycles. The Hall–Kier alpha value is -0.0582. The molecule has 4 aliphatic rings. The molecule has 1 heterocycles. The molecule has 0 aromatic carbocycles.